The lowest BCUT2D eigenvalue weighted by molar-refractivity contribution is 0.516. The number of nitrogens with one attached hydrogen (secondary N) is 3. The molecule has 1 heterocycles. The number of aromatic nitrogens is 1. The minimum Gasteiger partial charge on any atom is -0.386 e. The van der Waals surface area contributed by atoms with Crippen molar-refractivity contribution in [2.75, 3.05) is 13.1 Å². The summed E-state index contributed by atoms with van der Waals surface area (Å²) in [4.78, 5) is 7.05. The van der Waals surface area contributed by atoms with Crippen LogP contribution in [0.25, 0.3) is 10.9 Å². The summed E-state index contributed by atoms with van der Waals surface area (Å²) < 4.78 is 13.3. The van der Waals surface area contributed by atoms with E-state index >= 15 is 0 Å². The maximum Gasteiger partial charge on any atom is 0.189 e. The van der Waals surface area contributed by atoms with Crippen LogP contribution in [0.2, 0.25) is 0 Å². The van der Waals surface area contributed by atoms with E-state index in [0.717, 1.165) is 16.5 Å². The Kier molecular flexibility index (Phi) is 4.35. The van der Waals surface area contributed by atoms with Crippen molar-refractivity contribution in [1.29, 1.82) is 5.41 Å². The van der Waals surface area contributed by atoms with E-state index in [-0.39, 0.29) is 29.6 Å². The van der Waals surface area contributed by atoms with Gasteiger partial charge in [0.25, 0.3) is 0 Å². The first-order valence-electron chi connectivity index (χ1n) is 6.93. The van der Waals surface area contributed by atoms with E-state index in [9.17, 15) is 4.39 Å². The first kappa shape index (κ1) is 15.8. The molecule has 0 fully saturated rings. The molecule has 6 nitrogen and oxygen atoms in total. The van der Waals surface area contributed by atoms with Gasteiger partial charge in [-0.15, -0.1) is 0 Å². The quantitative estimate of drug-likeness (QED) is 0.425. The number of aliphatic imine (C=N–C) groups is 1. The highest BCUT2D eigenvalue weighted by molar-refractivity contribution is 5.85. The predicted octanol–water partition coefficient (Wildman–Crippen LogP) is 1.42. The molecule has 7 heteroatoms. The molecule has 0 saturated carbocycles. The highest BCUT2D eigenvalue weighted by atomic mass is 19.1. The fourth-order valence-corrected chi connectivity index (χ4v) is 2.29. The maximum atomic E-state index is 13.3. The number of hydrogen-bond donors (Lipinski definition) is 5. The van der Waals surface area contributed by atoms with Gasteiger partial charge in [0, 0.05) is 29.1 Å². The summed E-state index contributed by atoms with van der Waals surface area (Å²) in [5, 5.41) is 11.1. The Balaban J connectivity index is 2.15. The number of aromatic amines is 1. The van der Waals surface area contributed by atoms with E-state index in [1.165, 1.54) is 12.1 Å². The van der Waals surface area contributed by atoms with Gasteiger partial charge < -0.3 is 21.8 Å². The Bertz CT molecular complexity index is 716. The van der Waals surface area contributed by atoms with Crippen LogP contribution in [0.4, 0.5) is 4.39 Å². The number of fused-ring (bicyclic) bond motifs is 1. The summed E-state index contributed by atoms with van der Waals surface area (Å²) in [7, 11) is 0. The molecule has 0 atom stereocenters. The van der Waals surface area contributed by atoms with Crippen molar-refractivity contribution in [1.82, 2.24) is 10.3 Å². The predicted molar refractivity (Wildman–Crippen MR) is 87.7 cm³/mol. The summed E-state index contributed by atoms with van der Waals surface area (Å²) >= 11 is 0. The lowest BCUT2D eigenvalue weighted by Crippen LogP contribution is -2.41. The molecule has 0 spiro atoms. The first-order valence-corrected chi connectivity index (χ1v) is 6.93. The summed E-state index contributed by atoms with van der Waals surface area (Å²) in [6.07, 6.45) is 1.88. The Hall–Kier alpha value is -2.57. The van der Waals surface area contributed by atoms with Crippen LogP contribution in [-0.2, 0) is 5.41 Å². The number of H-pyrrole nitrogens is 1. The summed E-state index contributed by atoms with van der Waals surface area (Å²) in [6.45, 7) is 4.74. The van der Waals surface area contributed by atoms with Crippen molar-refractivity contribution < 1.29 is 4.39 Å². The van der Waals surface area contributed by atoms with Crippen LogP contribution in [0.1, 0.15) is 19.4 Å². The lowest BCUT2D eigenvalue weighted by atomic mass is 9.84. The molecule has 0 aliphatic rings. The summed E-state index contributed by atoms with van der Waals surface area (Å²) in [5.41, 5.74) is 12.6. The molecule has 1 aromatic carbocycles. The minimum absolute atomic E-state index is 0.0392. The third-order valence-electron chi connectivity index (χ3n) is 3.50. The van der Waals surface area contributed by atoms with Crippen LogP contribution in [0.15, 0.2) is 29.4 Å². The van der Waals surface area contributed by atoms with Crippen LogP contribution in [0, 0.1) is 11.2 Å². The van der Waals surface area contributed by atoms with E-state index in [1.54, 1.807) is 6.07 Å². The van der Waals surface area contributed by atoms with Gasteiger partial charge in [-0.2, -0.15) is 0 Å². The zero-order valence-corrected chi connectivity index (χ0v) is 12.7. The average Bonchev–Trinajstić information content (AvgIpc) is 2.86. The third-order valence-corrected chi connectivity index (χ3v) is 3.50. The van der Waals surface area contributed by atoms with Gasteiger partial charge in [-0.3, -0.25) is 5.41 Å². The molecular formula is C15H21FN6. The largest absolute Gasteiger partial charge is 0.386 e. The number of nitrogens with two attached hydrogens (primary N) is 2. The molecule has 2 aromatic rings. The fraction of sp³-hybridized carbons (Fsp3) is 0.333. The SMILES string of the molecule is CC(C)(CNC(N)=NCC(=N)N)c1c[nH]c2cc(F)ccc12. The Morgan fingerprint density at radius 3 is 2.82 bits per heavy atom. The van der Waals surface area contributed by atoms with E-state index in [2.05, 4.69) is 29.1 Å². The van der Waals surface area contributed by atoms with Crippen molar-refractivity contribution in [2.24, 2.45) is 16.5 Å². The number of hydrogen-bond acceptors (Lipinski definition) is 2. The zero-order valence-electron chi connectivity index (χ0n) is 12.7. The molecule has 22 heavy (non-hydrogen) atoms. The number of halogens is 1. The van der Waals surface area contributed by atoms with E-state index in [4.69, 9.17) is 16.9 Å². The number of amidine groups is 1. The van der Waals surface area contributed by atoms with Gasteiger partial charge in [0.05, 0.1) is 6.54 Å². The lowest BCUT2D eigenvalue weighted by Gasteiger charge is -2.25. The van der Waals surface area contributed by atoms with Crippen LogP contribution in [0.5, 0.6) is 0 Å². The van der Waals surface area contributed by atoms with Gasteiger partial charge in [-0.25, -0.2) is 9.38 Å². The second-order valence-electron chi connectivity index (χ2n) is 5.86. The van der Waals surface area contributed by atoms with Crippen LogP contribution < -0.4 is 16.8 Å². The topological polar surface area (TPSA) is 116 Å². The van der Waals surface area contributed by atoms with Gasteiger partial charge in [-0.1, -0.05) is 13.8 Å². The molecule has 7 N–H and O–H groups in total. The Morgan fingerprint density at radius 1 is 1.41 bits per heavy atom. The first-order chi connectivity index (χ1) is 10.3. The van der Waals surface area contributed by atoms with Crippen molar-refractivity contribution in [2.45, 2.75) is 19.3 Å². The number of rotatable bonds is 5. The molecule has 0 saturated heterocycles. The summed E-state index contributed by atoms with van der Waals surface area (Å²) in [5.74, 6) is -0.0609. The van der Waals surface area contributed by atoms with Crippen molar-refractivity contribution in [3.63, 3.8) is 0 Å². The van der Waals surface area contributed by atoms with Gasteiger partial charge in [0.15, 0.2) is 5.96 Å². The fourth-order valence-electron chi connectivity index (χ4n) is 2.29. The van der Waals surface area contributed by atoms with E-state index in [0.29, 0.717) is 6.54 Å². The smallest absolute Gasteiger partial charge is 0.189 e. The molecule has 0 radical (unpaired) electrons. The highest BCUT2D eigenvalue weighted by Crippen LogP contribution is 2.30. The zero-order chi connectivity index (χ0) is 16.3. The minimum atomic E-state index is -0.266. The molecule has 0 bridgehead atoms. The van der Waals surface area contributed by atoms with Crippen molar-refractivity contribution in [3.8, 4) is 0 Å². The molecule has 118 valence electrons. The molecular weight excluding hydrogens is 283 g/mol. The molecule has 0 amide bonds. The second kappa shape index (κ2) is 6.05. The number of benzene rings is 1. The normalized spacial score (nSPS) is 12.6. The monoisotopic (exact) mass is 304 g/mol. The standard InChI is InChI=1S/C15H21FN6/c1-15(2,8-22-14(19)21-7-13(17)18)11-6-20-12-5-9(16)3-4-10(11)12/h3-6,20H,7-8H2,1-2H3,(H3,17,18)(H3,19,21,22). The number of guanidine groups is 1. The van der Waals surface area contributed by atoms with Gasteiger partial charge >= 0.3 is 0 Å². The molecule has 0 unspecified atom stereocenters. The molecule has 2 rings (SSSR count). The highest BCUT2D eigenvalue weighted by Gasteiger charge is 2.24. The Morgan fingerprint density at radius 2 is 2.14 bits per heavy atom. The molecule has 0 aliphatic carbocycles. The molecule has 1 aromatic heterocycles. The van der Waals surface area contributed by atoms with Gasteiger partial charge in [0.2, 0.25) is 0 Å². The second-order valence-corrected chi connectivity index (χ2v) is 5.86. The van der Waals surface area contributed by atoms with Gasteiger partial charge in [0.1, 0.15) is 11.7 Å². The third kappa shape index (κ3) is 3.55. The molecule has 0 aliphatic heterocycles. The van der Waals surface area contributed by atoms with Gasteiger partial charge in [-0.05, 0) is 23.8 Å². The maximum absolute atomic E-state index is 13.3. The average molecular weight is 304 g/mol. The number of nitrogens with zero attached hydrogens (tertiary/aromatic N) is 1. The van der Waals surface area contributed by atoms with Crippen LogP contribution in [-0.4, -0.2) is 29.9 Å². The van der Waals surface area contributed by atoms with E-state index in [1.807, 2.05) is 6.20 Å². The van der Waals surface area contributed by atoms with Crippen LogP contribution in [0.3, 0.4) is 0 Å². The van der Waals surface area contributed by atoms with E-state index < -0.39 is 0 Å². The van der Waals surface area contributed by atoms with Crippen LogP contribution >= 0.6 is 0 Å². The summed E-state index contributed by atoms with van der Waals surface area (Å²) in [6, 6.07) is 4.70. The Labute approximate surface area is 128 Å². The van der Waals surface area contributed by atoms with Crippen molar-refractivity contribution >= 4 is 22.7 Å². The van der Waals surface area contributed by atoms with Crippen molar-refractivity contribution in [3.05, 3.63) is 35.8 Å².